The molecule has 0 aliphatic heterocycles. The van der Waals surface area contributed by atoms with Gasteiger partial charge in [0.05, 0.1) is 6.20 Å². The van der Waals surface area contributed by atoms with Crippen LogP contribution in [0.4, 0.5) is 5.82 Å². The SMILES string of the molecule is Cc1ncc(S(C)(=O)=O)c(NCCc2nc(-c3ccccc3)n[nH]2)n1. The first-order chi connectivity index (χ1) is 11.9. The normalized spacial score (nSPS) is 11.4. The van der Waals surface area contributed by atoms with Crippen molar-refractivity contribution in [2.24, 2.45) is 0 Å². The molecule has 0 aliphatic carbocycles. The highest BCUT2D eigenvalue weighted by Crippen LogP contribution is 2.18. The number of H-pyrrole nitrogens is 1. The Balaban J connectivity index is 1.68. The van der Waals surface area contributed by atoms with E-state index >= 15 is 0 Å². The first-order valence-electron chi connectivity index (χ1n) is 7.68. The molecular formula is C16H18N6O2S. The lowest BCUT2D eigenvalue weighted by Crippen LogP contribution is -2.12. The molecule has 0 radical (unpaired) electrons. The van der Waals surface area contributed by atoms with Crippen LogP contribution in [0.1, 0.15) is 11.6 Å². The quantitative estimate of drug-likeness (QED) is 0.688. The number of nitrogens with one attached hydrogen (secondary N) is 2. The maximum absolute atomic E-state index is 11.8. The number of hydrogen-bond acceptors (Lipinski definition) is 7. The third kappa shape index (κ3) is 4.18. The number of aryl methyl sites for hydroxylation is 1. The van der Waals surface area contributed by atoms with Crippen molar-refractivity contribution in [2.75, 3.05) is 18.1 Å². The van der Waals surface area contributed by atoms with E-state index in [1.54, 1.807) is 6.92 Å². The molecule has 2 aromatic heterocycles. The van der Waals surface area contributed by atoms with Crippen LogP contribution in [0.2, 0.25) is 0 Å². The smallest absolute Gasteiger partial charge is 0.181 e. The maximum atomic E-state index is 11.8. The van der Waals surface area contributed by atoms with E-state index in [2.05, 4.69) is 30.5 Å². The van der Waals surface area contributed by atoms with Gasteiger partial charge in [0.1, 0.15) is 22.4 Å². The number of sulfone groups is 1. The lowest BCUT2D eigenvalue weighted by Gasteiger charge is -2.09. The number of anilines is 1. The van der Waals surface area contributed by atoms with E-state index < -0.39 is 9.84 Å². The molecule has 3 aromatic rings. The van der Waals surface area contributed by atoms with Gasteiger partial charge in [0.15, 0.2) is 15.7 Å². The fourth-order valence-electron chi connectivity index (χ4n) is 2.28. The summed E-state index contributed by atoms with van der Waals surface area (Å²) in [6, 6.07) is 9.67. The van der Waals surface area contributed by atoms with Crippen LogP contribution in [0.5, 0.6) is 0 Å². The van der Waals surface area contributed by atoms with Crippen molar-refractivity contribution >= 4 is 15.7 Å². The second-order valence-electron chi connectivity index (χ2n) is 5.55. The van der Waals surface area contributed by atoms with Gasteiger partial charge in [-0.15, -0.1) is 0 Å². The Hall–Kier alpha value is -2.81. The molecule has 9 heteroatoms. The van der Waals surface area contributed by atoms with Crippen molar-refractivity contribution < 1.29 is 8.42 Å². The van der Waals surface area contributed by atoms with Crippen molar-refractivity contribution in [3.05, 3.63) is 48.2 Å². The number of rotatable bonds is 6. The lowest BCUT2D eigenvalue weighted by atomic mass is 10.2. The van der Waals surface area contributed by atoms with Crippen LogP contribution in [0, 0.1) is 6.92 Å². The van der Waals surface area contributed by atoms with Crippen LogP contribution < -0.4 is 5.32 Å². The molecule has 0 spiro atoms. The Morgan fingerprint density at radius 1 is 1.16 bits per heavy atom. The molecule has 0 amide bonds. The highest BCUT2D eigenvalue weighted by Gasteiger charge is 2.15. The minimum Gasteiger partial charge on any atom is -0.368 e. The molecule has 0 fully saturated rings. The topological polar surface area (TPSA) is 114 Å². The van der Waals surface area contributed by atoms with Crippen molar-refractivity contribution in [3.8, 4) is 11.4 Å². The van der Waals surface area contributed by atoms with E-state index in [9.17, 15) is 8.42 Å². The Labute approximate surface area is 145 Å². The van der Waals surface area contributed by atoms with E-state index in [1.165, 1.54) is 6.20 Å². The standard InChI is InChI=1S/C16H18N6O2S/c1-11-18-10-13(25(2,23)24)16(19-11)17-9-8-14-20-15(22-21-14)12-6-4-3-5-7-12/h3-7,10H,8-9H2,1-2H3,(H,17,18,19)(H,20,21,22). The first kappa shape index (κ1) is 17.0. The van der Waals surface area contributed by atoms with Crippen molar-refractivity contribution in [2.45, 2.75) is 18.2 Å². The second kappa shape index (κ2) is 6.98. The molecule has 3 rings (SSSR count). The molecule has 0 saturated carbocycles. The van der Waals surface area contributed by atoms with Gasteiger partial charge in [-0.2, -0.15) is 5.10 Å². The monoisotopic (exact) mass is 358 g/mol. The van der Waals surface area contributed by atoms with Crippen LogP contribution >= 0.6 is 0 Å². The Morgan fingerprint density at radius 3 is 2.64 bits per heavy atom. The molecule has 0 aliphatic rings. The molecule has 8 nitrogen and oxygen atoms in total. The van der Waals surface area contributed by atoms with E-state index in [0.717, 1.165) is 11.8 Å². The predicted octanol–water partition coefficient (Wildman–Crippen LogP) is 1.63. The van der Waals surface area contributed by atoms with Gasteiger partial charge in [-0.05, 0) is 6.92 Å². The maximum Gasteiger partial charge on any atom is 0.181 e. The van der Waals surface area contributed by atoms with Gasteiger partial charge in [0.25, 0.3) is 0 Å². The molecular weight excluding hydrogens is 340 g/mol. The first-order valence-corrected chi connectivity index (χ1v) is 9.57. The van der Waals surface area contributed by atoms with Crippen LogP contribution in [0.3, 0.4) is 0 Å². The number of aromatic amines is 1. The summed E-state index contributed by atoms with van der Waals surface area (Å²) < 4.78 is 23.6. The van der Waals surface area contributed by atoms with Crippen LogP contribution in [0.15, 0.2) is 41.4 Å². The van der Waals surface area contributed by atoms with Crippen LogP contribution in [-0.2, 0) is 16.3 Å². The number of hydrogen-bond donors (Lipinski definition) is 2. The molecule has 0 bridgehead atoms. The van der Waals surface area contributed by atoms with E-state index in [-0.39, 0.29) is 4.90 Å². The van der Waals surface area contributed by atoms with E-state index in [1.807, 2.05) is 30.3 Å². The third-order valence-electron chi connectivity index (χ3n) is 3.49. The number of benzene rings is 1. The molecule has 0 atom stereocenters. The zero-order valence-electron chi connectivity index (χ0n) is 13.9. The fraction of sp³-hybridized carbons (Fsp3) is 0.250. The minimum absolute atomic E-state index is 0.0839. The molecule has 2 N–H and O–H groups in total. The van der Waals surface area contributed by atoms with Crippen LogP contribution in [-0.4, -0.2) is 46.4 Å². The molecule has 2 heterocycles. The van der Waals surface area contributed by atoms with Gasteiger partial charge in [-0.25, -0.2) is 23.4 Å². The zero-order valence-corrected chi connectivity index (χ0v) is 14.7. The minimum atomic E-state index is -3.40. The molecule has 130 valence electrons. The highest BCUT2D eigenvalue weighted by molar-refractivity contribution is 7.90. The van der Waals surface area contributed by atoms with Gasteiger partial charge in [-0.3, -0.25) is 5.10 Å². The second-order valence-corrected chi connectivity index (χ2v) is 7.53. The summed E-state index contributed by atoms with van der Waals surface area (Å²) in [5.41, 5.74) is 0.934. The van der Waals surface area contributed by atoms with Crippen molar-refractivity contribution in [1.29, 1.82) is 0 Å². The van der Waals surface area contributed by atoms with Gasteiger partial charge < -0.3 is 5.32 Å². The summed E-state index contributed by atoms with van der Waals surface area (Å²) in [5.74, 6) is 2.14. The summed E-state index contributed by atoms with van der Waals surface area (Å²) in [6.45, 7) is 2.17. The average Bonchev–Trinajstić information content (AvgIpc) is 3.03. The molecule has 0 unspecified atom stereocenters. The molecule has 0 saturated heterocycles. The van der Waals surface area contributed by atoms with E-state index in [0.29, 0.717) is 36.3 Å². The zero-order chi connectivity index (χ0) is 17.9. The molecule has 25 heavy (non-hydrogen) atoms. The van der Waals surface area contributed by atoms with Gasteiger partial charge >= 0.3 is 0 Å². The number of aromatic nitrogens is 5. The van der Waals surface area contributed by atoms with Gasteiger partial charge in [-0.1, -0.05) is 30.3 Å². The van der Waals surface area contributed by atoms with E-state index in [4.69, 9.17) is 0 Å². The summed E-state index contributed by atoms with van der Waals surface area (Å²) in [7, 11) is -3.40. The summed E-state index contributed by atoms with van der Waals surface area (Å²) in [6.07, 6.45) is 3.00. The number of nitrogens with zero attached hydrogens (tertiary/aromatic N) is 4. The fourth-order valence-corrected chi connectivity index (χ4v) is 2.99. The van der Waals surface area contributed by atoms with Crippen LogP contribution in [0.25, 0.3) is 11.4 Å². The Kier molecular flexibility index (Phi) is 4.75. The summed E-state index contributed by atoms with van der Waals surface area (Å²) >= 11 is 0. The largest absolute Gasteiger partial charge is 0.368 e. The highest BCUT2D eigenvalue weighted by atomic mass is 32.2. The van der Waals surface area contributed by atoms with Gasteiger partial charge in [0.2, 0.25) is 0 Å². The lowest BCUT2D eigenvalue weighted by molar-refractivity contribution is 0.601. The Bertz CT molecular complexity index is 969. The van der Waals surface area contributed by atoms with Gasteiger partial charge in [0, 0.05) is 24.8 Å². The van der Waals surface area contributed by atoms with Crippen molar-refractivity contribution in [1.82, 2.24) is 25.1 Å². The molecule has 1 aromatic carbocycles. The third-order valence-corrected chi connectivity index (χ3v) is 4.59. The summed E-state index contributed by atoms with van der Waals surface area (Å²) in [4.78, 5) is 12.7. The Morgan fingerprint density at radius 2 is 1.92 bits per heavy atom. The van der Waals surface area contributed by atoms with Crippen molar-refractivity contribution in [3.63, 3.8) is 0 Å². The predicted molar refractivity (Wildman–Crippen MR) is 93.9 cm³/mol. The summed E-state index contributed by atoms with van der Waals surface area (Å²) in [5, 5.41) is 10.1. The average molecular weight is 358 g/mol.